The quantitative estimate of drug-likeness (QED) is 0.324. The molecule has 1 heterocycles. The van der Waals surface area contributed by atoms with E-state index >= 15 is 0 Å². The molecule has 0 aliphatic carbocycles. The van der Waals surface area contributed by atoms with Gasteiger partial charge in [-0.15, -0.1) is 5.10 Å². The first-order valence-corrected chi connectivity index (χ1v) is 7.41. The van der Waals surface area contributed by atoms with Crippen molar-refractivity contribution in [3.63, 3.8) is 0 Å². The standard InChI is InChI=1S/C15H20N6O3/c1-3-4-7-23-11-6-5-10(8-12(11)22-2)9-18-19-14(16)13-15(17)21-24-20-13/h5-6,8-9H,3-4,7H2,1-2H3,(H2,16,19)(H2,17,21)/b18-9+. The number of hydrogen-bond acceptors (Lipinski definition) is 8. The molecule has 0 radical (unpaired) electrons. The second-order valence-corrected chi connectivity index (χ2v) is 4.84. The summed E-state index contributed by atoms with van der Waals surface area (Å²) in [5.74, 6) is 1.38. The number of amidine groups is 1. The maximum Gasteiger partial charge on any atom is 0.199 e. The van der Waals surface area contributed by atoms with E-state index in [1.165, 1.54) is 6.21 Å². The monoisotopic (exact) mass is 332 g/mol. The van der Waals surface area contributed by atoms with Crippen LogP contribution in [-0.2, 0) is 0 Å². The Morgan fingerprint density at radius 2 is 2.17 bits per heavy atom. The molecule has 0 spiro atoms. The summed E-state index contributed by atoms with van der Waals surface area (Å²) in [5.41, 5.74) is 12.2. The topological polar surface area (TPSA) is 134 Å². The van der Waals surface area contributed by atoms with E-state index in [0.717, 1.165) is 18.4 Å². The maximum absolute atomic E-state index is 5.70. The fraction of sp³-hybridized carbons (Fsp3) is 0.333. The van der Waals surface area contributed by atoms with Gasteiger partial charge in [0.2, 0.25) is 0 Å². The average molecular weight is 332 g/mol. The number of anilines is 1. The molecule has 0 unspecified atom stereocenters. The molecule has 128 valence electrons. The van der Waals surface area contributed by atoms with Crippen molar-refractivity contribution in [1.82, 2.24) is 10.3 Å². The SMILES string of the molecule is CCCCOc1ccc(/C=N/N=C(/N)c2nonc2N)cc1OC. The van der Waals surface area contributed by atoms with E-state index < -0.39 is 0 Å². The normalized spacial score (nSPS) is 11.8. The zero-order valence-electron chi connectivity index (χ0n) is 13.6. The highest BCUT2D eigenvalue weighted by Crippen LogP contribution is 2.27. The van der Waals surface area contributed by atoms with Crippen LogP contribution < -0.4 is 20.9 Å². The Kier molecular flexibility index (Phi) is 6.12. The number of hydrogen-bond donors (Lipinski definition) is 2. The summed E-state index contributed by atoms with van der Waals surface area (Å²) >= 11 is 0. The lowest BCUT2D eigenvalue weighted by Gasteiger charge is -2.10. The average Bonchev–Trinajstić information content (AvgIpc) is 3.02. The molecular formula is C15H20N6O3. The number of ether oxygens (including phenoxy) is 2. The molecule has 1 aromatic heterocycles. The third-order valence-electron chi connectivity index (χ3n) is 3.07. The fourth-order valence-electron chi connectivity index (χ4n) is 1.79. The molecule has 0 saturated carbocycles. The van der Waals surface area contributed by atoms with E-state index in [9.17, 15) is 0 Å². The van der Waals surface area contributed by atoms with Crippen molar-refractivity contribution in [2.45, 2.75) is 19.8 Å². The summed E-state index contributed by atoms with van der Waals surface area (Å²) in [6, 6.07) is 5.45. The smallest absolute Gasteiger partial charge is 0.199 e. The van der Waals surface area contributed by atoms with Crippen molar-refractivity contribution in [2.75, 3.05) is 19.5 Å². The van der Waals surface area contributed by atoms with E-state index in [1.54, 1.807) is 13.2 Å². The minimum absolute atomic E-state index is 0.0106. The minimum atomic E-state index is 0.0106. The Labute approximate surface area is 139 Å². The van der Waals surface area contributed by atoms with Gasteiger partial charge in [-0.25, -0.2) is 4.63 Å². The lowest BCUT2D eigenvalue weighted by molar-refractivity contribution is 0.288. The number of benzene rings is 1. The zero-order valence-corrected chi connectivity index (χ0v) is 13.6. The van der Waals surface area contributed by atoms with Crippen LogP contribution in [-0.4, -0.2) is 36.1 Å². The third-order valence-corrected chi connectivity index (χ3v) is 3.07. The molecule has 24 heavy (non-hydrogen) atoms. The molecule has 0 atom stereocenters. The van der Waals surface area contributed by atoms with E-state index in [0.29, 0.717) is 18.1 Å². The summed E-state index contributed by atoms with van der Waals surface area (Å²) in [6.07, 6.45) is 3.58. The maximum atomic E-state index is 5.70. The predicted molar refractivity (Wildman–Crippen MR) is 90.4 cm³/mol. The number of rotatable bonds is 8. The minimum Gasteiger partial charge on any atom is -0.493 e. The molecular weight excluding hydrogens is 312 g/mol. The summed E-state index contributed by atoms with van der Waals surface area (Å²) in [6.45, 7) is 2.75. The molecule has 0 fully saturated rings. The molecule has 0 saturated heterocycles. The van der Waals surface area contributed by atoms with Crippen LogP contribution in [0.25, 0.3) is 0 Å². The first-order valence-electron chi connectivity index (χ1n) is 7.41. The van der Waals surface area contributed by atoms with Gasteiger partial charge in [0.25, 0.3) is 0 Å². The van der Waals surface area contributed by atoms with Gasteiger partial charge in [0.15, 0.2) is 28.8 Å². The van der Waals surface area contributed by atoms with E-state index in [-0.39, 0.29) is 17.3 Å². The number of methoxy groups -OCH3 is 1. The molecule has 2 aromatic rings. The summed E-state index contributed by atoms with van der Waals surface area (Å²) in [4.78, 5) is 0. The number of nitrogens with zero attached hydrogens (tertiary/aromatic N) is 4. The highest BCUT2D eigenvalue weighted by Gasteiger charge is 2.10. The highest BCUT2D eigenvalue weighted by molar-refractivity contribution is 5.99. The Balaban J connectivity index is 2.08. The van der Waals surface area contributed by atoms with E-state index in [1.807, 2.05) is 12.1 Å². The van der Waals surface area contributed by atoms with Crippen molar-refractivity contribution in [2.24, 2.45) is 15.9 Å². The Morgan fingerprint density at radius 1 is 1.33 bits per heavy atom. The first kappa shape index (κ1) is 17.3. The lowest BCUT2D eigenvalue weighted by atomic mass is 10.2. The van der Waals surface area contributed by atoms with Gasteiger partial charge in [-0.2, -0.15) is 5.10 Å². The Hall–Kier alpha value is -3.10. The van der Waals surface area contributed by atoms with Crippen molar-refractivity contribution >= 4 is 17.9 Å². The third kappa shape index (κ3) is 4.45. The Bertz CT molecular complexity index is 726. The van der Waals surface area contributed by atoms with Gasteiger partial charge in [0, 0.05) is 0 Å². The number of nitrogen functional groups attached to an aromatic ring is 1. The van der Waals surface area contributed by atoms with Crippen LogP contribution in [0.1, 0.15) is 31.0 Å². The second-order valence-electron chi connectivity index (χ2n) is 4.84. The summed E-state index contributed by atoms with van der Waals surface area (Å²) < 4.78 is 15.4. The van der Waals surface area contributed by atoms with Gasteiger partial charge >= 0.3 is 0 Å². The van der Waals surface area contributed by atoms with Crippen LogP contribution in [0.3, 0.4) is 0 Å². The molecule has 9 nitrogen and oxygen atoms in total. The van der Waals surface area contributed by atoms with Gasteiger partial charge in [0.1, 0.15) is 0 Å². The summed E-state index contributed by atoms with van der Waals surface area (Å²) in [7, 11) is 1.58. The zero-order chi connectivity index (χ0) is 17.4. The van der Waals surface area contributed by atoms with Gasteiger partial charge in [-0.3, -0.25) is 0 Å². The van der Waals surface area contributed by atoms with Gasteiger partial charge in [0.05, 0.1) is 19.9 Å². The van der Waals surface area contributed by atoms with Crippen LogP contribution in [0.4, 0.5) is 5.82 Å². The fourth-order valence-corrected chi connectivity index (χ4v) is 1.79. The molecule has 0 aliphatic rings. The molecule has 0 aliphatic heterocycles. The van der Waals surface area contributed by atoms with Gasteiger partial charge in [-0.05, 0) is 40.5 Å². The van der Waals surface area contributed by atoms with Crippen LogP contribution in [0.2, 0.25) is 0 Å². The molecule has 1 aromatic carbocycles. The lowest BCUT2D eigenvalue weighted by Crippen LogP contribution is -2.15. The Morgan fingerprint density at radius 3 is 2.83 bits per heavy atom. The van der Waals surface area contributed by atoms with Crippen molar-refractivity contribution in [3.05, 3.63) is 29.5 Å². The van der Waals surface area contributed by atoms with Crippen molar-refractivity contribution in [3.8, 4) is 11.5 Å². The van der Waals surface area contributed by atoms with Crippen LogP contribution in [0, 0.1) is 0 Å². The molecule has 0 amide bonds. The van der Waals surface area contributed by atoms with Crippen molar-refractivity contribution < 1.29 is 14.1 Å². The van der Waals surface area contributed by atoms with Crippen LogP contribution >= 0.6 is 0 Å². The van der Waals surface area contributed by atoms with Gasteiger partial charge in [-0.1, -0.05) is 13.3 Å². The van der Waals surface area contributed by atoms with E-state index in [2.05, 4.69) is 32.1 Å². The molecule has 2 rings (SSSR count). The number of aromatic nitrogens is 2. The molecule has 0 bridgehead atoms. The summed E-state index contributed by atoms with van der Waals surface area (Å²) in [5, 5.41) is 14.7. The van der Waals surface area contributed by atoms with Crippen molar-refractivity contribution in [1.29, 1.82) is 0 Å². The number of nitrogens with two attached hydrogens (primary N) is 2. The van der Waals surface area contributed by atoms with Gasteiger partial charge < -0.3 is 20.9 Å². The number of unbranched alkanes of at least 4 members (excludes halogenated alkanes) is 1. The molecule has 9 heteroatoms. The van der Waals surface area contributed by atoms with Crippen LogP contribution in [0.15, 0.2) is 33.0 Å². The second kappa shape index (κ2) is 8.51. The highest BCUT2D eigenvalue weighted by atomic mass is 16.6. The first-order chi connectivity index (χ1) is 11.7. The van der Waals surface area contributed by atoms with Crippen LogP contribution in [0.5, 0.6) is 11.5 Å². The predicted octanol–water partition coefficient (Wildman–Crippen LogP) is 1.58. The largest absolute Gasteiger partial charge is 0.493 e. The van der Waals surface area contributed by atoms with E-state index in [4.69, 9.17) is 20.9 Å². The molecule has 4 N–H and O–H groups in total.